The van der Waals surface area contributed by atoms with Gasteiger partial charge in [-0.3, -0.25) is 14.2 Å². The van der Waals surface area contributed by atoms with Crippen LogP contribution >= 0.6 is 39.3 Å². The van der Waals surface area contributed by atoms with Gasteiger partial charge in [-0.05, 0) is 30.3 Å². The molecule has 0 atom stereocenters. The van der Waals surface area contributed by atoms with Crippen molar-refractivity contribution in [3.05, 3.63) is 46.1 Å². The molecular formula is C17H15BrClN5O3S. The lowest BCUT2D eigenvalue weighted by Gasteiger charge is -2.09. The number of carbonyl (C=O) groups excluding carboxylic acids is 2. The van der Waals surface area contributed by atoms with Crippen LogP contribution in [0.3, 0.4) is 0 Å². The van der Waals surface area contributed by atoms with Gasteiger partial charge in [-0.1, -0.05) is 39.3 Å². The van der Waals surface area contributed by atoms with Crippen LogP contribution in [-0.2, 0) is 16.1 Å². The number of thioether (sulfide) groups is 1. The van der Waals surface area contributed by atoms with E-state index in [1.54, 1.807) is 34.9 Å². The van der Waals surface area contributed by atoms with E-state index in [0.717, 1.165) is 4.47 Å². The molecule has 0 aliphatic heterocycles. The molecule has 0 saturated carbocycles. The average Bonchev–Trinajstić information content (AvgIpc) is 3.29. The number of benzene rings is 1. The van der Waals surface area contributed by atoms with Gasteiger partial charge in [-0.25, -0.2) is 0 Å². The van der Waals surface area contributed by atoms with Crippen LogP contribution in [0.4, 0.5) is 5.69 Å². The van der Waals surface area contributed by atoms with E-state index in [0.29, 0.717) is 27.5 Å². The summed E-state index contributed by atoms with van der Waals surface area (Å²) < 4.78 is 7.88. The van der Waals surface area contributed by atoms with E-state index < -0.39 is 5.91 Å². The van der Waals surface area contributed by atoms with Gasteiger partial charge in [0.2, 0.25) is 11.8 Å². The number of nitrogens with zero attached hydrogens (tertiary/aromatic N) is 3. The zero-order valence-corrected chi connectivity index (χ0v) is 17.6. The summed E-state index contributed by atoms with van der Waals surface area (Å²) in [6.07, 6.45) is 1.63. The Balaban J connectivity index is 1.70. The molecule has 0 radical (unpaired) electrons. The molecule has 0 saturated heterocycles. The Hall–Kier alpha value is -2.30. The Morgan fingerprint density at radius 2 is 2.14 bits per heavy atom. The standard InChI is InChI=1S/C17H15BrClN5O3S/c18-10-3-4-12(11(19)8-10)21-15(26)9-28-17-23-22-16(13-2-1-7-27-13)24(17)6-5-14(20)25/h1-4,7-8H,5-6,9H2,(H2,20,25)(H,21,26). The van der Waals surface area contributed by atoms with Crippen molar-refractivity contribution >= 4 is 56.8 Å². The number of hydrogen-bond acceptors (Lipinski definition) is 6. The number of anilines is 1. The van der Waals surface area contributed by atoms with Gasteiger partial charge in [0.05, 0.1) is 22.7 Å². The first kappa shape index (κ1) is 20.4. The highest BCUT2D eigenvalue weighted by Gasteiger charge is 2.18. The first-order valence-electron chi connectivity index (χ1n) is 8.07. The van der Waals surface area contributed by atoms with Crippen molar-refractivity contribution in [3.63, 3.8) is 0 Å². The summed E-state index contributed by atoms with van der Waals surface area (Å²) >= 11 is 10.6. The largest absolute Gasteiger partial charge is 0.461 e. The summed E-state index contributed by atoms with van der Waals surface area (Å²) in [5.74, 6) is 0.357. The summed E-state index contributed by atoms with van der Waals surface area (Å²) in [5.41, 5.74) is 5.77. The predicted octanol–water partition coefficient (Wildman–Crippen LogP) is 3.56. The van der Waals surface area contributed by atoms with E-state index >= 15 is 0 Å². The number of nitrogens with two attached hydrogens (primary N) is 1. The number of furan rings is 1. The van der Waals surface area contributed by atoms with Crippen LogP contribution in [0.1, 0.15) is 6.42 Å². The molecule has 8 nitrogen and oxygen atoms in total. The third-order valence-electron chi connectivity index (χ3n) is 3.58. The Bertz CT molecular complexity index is 993. The normalized spacial score (nSPS) is 10.8. The number of primary amides is 1. The molecule has 0 bridgehead atoms. The van der Waals surface area contributed by atoms with Crippen LogP contribution in [-0.4, -0.2) is 32.3 Å². The highest BCUT2D eigenvalue weighted by Crippen LogP contribution is 2.27. The van der Waals surface area contributed by atoms with Crippen LogP contribution in [0.2, 0.25) is 5.02 Å². The lowest BCUT2D eigenvalue weighted by molar-refractivity contribution is -0.118. The summed E-state index contributed by atoms with van der Waals surface area (Å²) in [6, 6.07) is 8.65. The maximum absolute atomic E-state index is 12.3. The molecule has 0 fully saturated rings. The highest BCUT2D eigenvalue weighted by molar-refractivity contribution is 9.10. The fourth-order valence-corrected chi connectivity index (χ4v) is 3.80. The first-order chi connectivity index (χ1) is 13.4. The van der Waals surface area contributed by atoms with Gasteiger partial charge >= 0.3 is 0 Å². The molecule has 3 aromatic rings. The predicted molar refractivity (Wildman–Crippen MR) is 110 cm³/mol. The monoisotopic (exact) mass is 483 g/mol. The first-order valence-corrected chi connectivity index (χ1v) is 10.2. The number of aromatic nitrogens is 3. The molecule has 146 valence electrons. The molecule has 11 heteroatoms. The Kier molecular flexibility index (Phi) is 6.76. The number of halogens is 2. The maximum atomic E-state index is 12.3. The Labute approximate surface area is 177 Å². The molecule has 2 heterocycles. The molecule has 3 rings (SSSR count). The van der Waals surface area contributed by atoms with Crippen molar-refractivity contribution in [2.75, 3.05) is 11.1 Å². The van der Waals surface area contributed by atoms with Gasteiger partial charge < -0.3 is 15.5 Å². The summed E-state index contributed by atoms with van der Waals surface area (Å²) in [4.78, 5) is 23.5. The summed E-state index contributed by atoms with van der Waals surface area (Å²) in [6.45, 7) is 0.279. The fourth-order valence-electron chi connectivity index (χ4n) is 2.31. The highest BCUT2D eigenvalue weighted by atomic mass is 79.9. The maximum Gasteiger partial charge on any atom is 0.234 e. The minimum atomic E-state index is -0.447. The second-order valence-electron chi connectivity index (χ2n) is 5.61. The van der Waals surface area contributed by atoms with E-state index in [4.69, 9.17) is 21.8 Å². The molecule has 2 amide bonds. The molecule has 0 spiro atoms. The number of amides is 2. The number of carbonyl (C=O) groups is 2. The van der Waals surface area contributed by atoms with Gasteiger partial charge in [0.25, 0.3) is 0 Å². The molecule has 3 N–H and O–H groups in total. The van der Waals surface area contributed by atoms with E-state index in [9.17, 15) is 9.59 Å². The molecule has 0 aliphatic carbocycles. The van der Waals surface area contributed by atoms with Crippen LogP contribution in [0, 0.1) is 0 Å². The van der Waals surface area contributed by atoms with E-state index in [2.05, 4.69) is 31.4 Å². The fraction of sp³-hybridized carbons (Fsp3) is 0.176. The van der Waals surface area contributed by atoms with Crippen molar-refractivity contribution in [1.29, 1.82) is 0 Å². The van der Waals surface area contributed by atoms with E-state index in [1.165, 1.54) is 18.0 Å². The number of hydrogen-bond donors (Lipinski definition) is 2. The van der Waals surface area contributed by atoms with Crippen molar-refractivity contribution in [2.24, 2.45) is 5.73 Å². The van der Waals surface area contributed by atoms with Gasteiger partial charge in [-0.2, -0.15) is 0 Å². The molecular weight excluding hydrogens is 470 g/mol. The van der Waals surface area contributed by atoms with Crippen molar-refractivity contribution in [1.82, 2.24) is 14.8 Å². The van der Waals surface area contributed by atoms with Crippen molar-refractivity contribution in [2.45, 2.75) is 18.1 Å². The molecule has 0 aliphatic rings. The summed E-state index contributed by atoms with van der Waals surface area (Å²) in [5, 5.41) is 11.9. The average molecular weight is 485 g/mol. The van der Waals surface area contributed by atoms with Crippen LogP contribution in [0.5, 0.6) is 0 Å². The number of nitrogens with one attached hydrogen (secondary N) is 1. The zero-order valence-electron chi connectivity index (χ0n) is 14.4. The topological polar surface area (TPSA) is 116 Å². The van der Waals surface area contributed by atoms with Gasteiger partial charge in [0.15, 0.2) is 16.7 Å². The second kappa shape index (κ2) is 9.26. The molecule has 1 aromatic carbocycles. The molecule has 0 unspecified atom stereocenters. The third kappa shape index (κ3) is 5.15. The molecule has 28 heavy (non-hydrogen) atoms. The number of rotatable bonds is 8. The smallest absolute Gasteiger partial charge is 0.234 e. The van der Waals surface area contributed by atoms with E-state index in [-0.39, 0.29) is 24.6 Å². The van der Waals surface area contributed by atoms with Gasteiger partial charge in [0.1, 0.15) is 0 Å². The third-order valence-corrected chi connectivity index (χ3v) is 5.35. The van der Waals surface area contributed by atoms with Gasteiger partial charge in [-0.15, -0.1) is 10.2 Å². The minimum Gasteiger partial charge on any atom is -0.461 e. The van der Waals surface area contributed by atoms with E-state index in [1.807, 2.05) is 0 Å². The lowest BCUT2D eigenvalue weighted by Crippen LogP contribution is -2.16. The molecule has 2 aromatic heterocycles. The van der Waals surface area contributed by atoms with Crippen molar-refractivity contribution < 1.29 is 14.0 Å². The quantitative estimate of drug-likeness (QED) is 0.472. The van der Waals surface area contributed by atoms with Crippen LogP contribution < -0.4 is 11.1 Å². The SMILES string of the molecule is NC(=O)CCn1c(SCC(=O)Nc2ccc(Br)cc2Cl)nnc1-c1ccco1. The Morgan fingerprint density at radius 1 is 1.32 bits per heavy atom. The van der Waals surface area contributed by atoms with Crippen LogP contribution in [0.15, 0.2) is 50.6 Å². The van der Waals surface area contributed by atoms with Crippen LogP contribution in [0.25, 0.3) is 11.6 Å². The van der Waals surface area contributed by atoms with Gasteiger partial charge in [0, 0.05) is 17.4 Å². The van der Waals surface area contributed by atoms with Crippen molar-refractivity contribution in [3.8, 4) is 11.6 Å². The zero-order chi connectivity index (χ0) is 20.1. The minimum absolute atomic E-state index is 0.0826. The summed E-state index contributed by atoms with van der Waals surface area (Å²) in [7, 11) is 0. The Morgan fingerprint density at radius 3 is 2.82 bits per heavy atom. The second-order valence-corrected chi connectivity index (χ2v) is 7.88. The lowest BCUT2D eigenvalue weighted by atomic mass is 10.3.